The number of anilines is 1. The van der Waals surface area contributed by atoms with Crippen LogP contribution in [0.5, 0.6) is 0 Å². The minimum Gasteiger partial charge on any atom is -0.379 e. The van der Waals surface area contributed by atoms with Crippen molar-refractivity contribution in [2.45, 2.75) is 71.9 Å². The molecule has 212 valence electrons. The molecule has 5 rings (SSSR count). The van der Waals surface area contributed by atoms with Crippen molar-refractivity contribution >= 4 is 17.3 Å². The first-order chi connectivity index (χ1) is 19.3. The smallest absolute Gasteiger partial charge is 0.163 e. The summed E-state index contributed by atoms with van der Waals surface area (Å²) in [6.45, 7) is 10.3. The number of rotatable bonds is 9. The van der Waals surface area contributed by atoms with E-state index >= 15 is 0 Å². The molecule has 1 unspecified atom stereocenters. The van der Waals surface area contributed by atoms with Gasteiger partial charge in [-0.1, -0.05) is 30.6 Å². The molecular formula is C34H43N3O3. The van der Waals surface area contributed by atoms with Crippen molar-refractivity contribution in [1.29, 1.82) is 0 Å². The highest BCUT2D eigenvalue weighted by Crippen LogP contribution is 2.36. The molecule has 2 heterocycles. The Balaban J connectivity index is 1.41. The number of aromatic nitrogens is 1. The van der Waals surface area contributed by atoms with Crippen molar-refractivity contribution in [2.75, 3.05) is 38.3 Å². The first-order valence-corrected chi connectivity index (χ1v) is 14.9. The number of hydrogen-bond donors (Lipinski definition) is 0. The zero-order valence-electron chi connectivity index (χ0n) is 24.5. The number of nitrogens with zero attached hydrogens (tertiary/aromatic N) is 3. The van der Waals surface area contributed by atoms with Gasteiger partial charge in [-0.15, -0.1) is 0 Å². The van der Waals surface area contributed by atoms with E-state index in [1.807, 2.05) is 26.1 Å². The molecule has 0 radical (unpaired) electrons. The molecule has 1 saturated carbocycles. The van der Waals surface area contributed by atoms with E-state index in [9.17, 15) is 9.59 Å². The van der Waals surface area contributed by atoms with Crippen LogP contribution >= 0.6 is 0 Å². The third-order valence-corrected chi connectivity index (χ3v) is 8.96. The number of morpholine rings is 1. The molecule has 40 heavy (non-hydrogen) atoms. The summed E-state index contributed by atoms with van der Waals surface area (Å²) in [7, 11) is 2.17. The largest absolute Gasteiger partial charge is 0.379 e. The molecule has 2 aromatic rings. The van der Waals surface area contributed by atoms with Crippen LogP contribution < -0.4 is 4.90 Å². The third kappa shape index (κ3) is 6.45. The molecule has 0 amide bonds. The van der Waals surface area contributed by atoms with Gasteiger partial charge in [-0.2, -0.15) is 0 Å². The van der Waals surface area contributed by atoms with Gasteiger partial charge >= 0.3 is 0 Å². The summed E-state index contributed by atoms with van der Waals surface area (Å²) in [6, 6.07) is 9.00. The number of allylic oxidation sites excluding steroid dienone is 4. The zero-order chi connectivity index (χ0) is 28.2. The lowest BCUT2D eigenvalue weighted by molar-refractivity contribution is -0.117. The van der Waals surface area contributed by atoms with Crippen molar-refractivity contribution in [3.8, 4) is 11.1 Å². The number of carbonyl (C=O) groups excluding carboxylic acids is 2. The first-order valence-electron chi connectivity index (χ1n) is 14.9. The molecule has 0 spiro atoms. The van der Waals surface area contributed by atoms with Crippen molar-refractivity contribution in [3.05, 3.63) is 70.6 Å². The lowest BCUT2D eigenvalue weighted by Gasteiger charge is -2.30. The number of carbonyl (C=O) groups is 2. The van der Waals surface area contributed by atoms with Crippen molar-refractivity contribution in [2.24, 2.45) is 5.92 Å². The molecule has 2 fully saturated rings. The van der Waals surface area contributed by atoms with Gasteiger partial charge in [0.05, 0.1) is 18.9 Å². The Hall–Kier alpha value is -3.09. The molecular weight excluding hydrogens is 498 g/mol. The maximum Gasteiger partial charge on any atom is 0.163 e. The molecule has 3 aliphatic rings. The van der Waals surface area contributed by atoms with Crippen molar-refractivity contribution in [3.63, 3.8) is 0 Å². The lowest BCUT2D eigenvalue weighted by Crippen LogP contribution is -2.35. The predicted octanol–water partition coefficient (Wildman–Crippen LogP) is 6.32. The maximum atomic E-state index is 13.7. The first kappa shape index (κ1) is 28.4. The Labute approximate surface area is 239 Å². The number of benzene rings is 1. The molecule has 1 saturated heterocycles. The van der Waals surface area contributed by atoms with Gasteiger partial charge in [0.15, 0.2) is 11.6 Å². The van der Waals surface area contributed by atoms with Crippen molar-refractivity contribution < 1.29 is 14.3 Å². The summed E-state index contributed by atoms with van der Waals surface area (Å²) in [5.74, 6) is 0.00449. The van der Waals surface area contributed by atoms with Crippen LogP contribution in [-0.4, -0.2) is 60.8 Å². The van der Waals surface area contributed by atoms with Crippen LogP contribution in [-0.2, 0) is 16.1 Å². The minimum atomic E-state index is -0.208. The molecule has 2 aliphatic carbocycles. The van der Waals surface area contributed by atoms with Gasteiger partial charge in [-0.3, -0.25) is 19.5 Å². The SMILES string of the molecule is CC1=CC(=O)C(CCC(=O)c2cc(-c3ccc(CN4CCOCC4)nc3)cc(N(C)C3CCCC3)c2C)C(C)=C1. The van der Waals surface area contributed by atoms with Gasteiger partial charge in [0.2, 0.25) is 0 Å². The topological polar surface area (TPSA) is 62.7 Å². The van der Waals surface area contributed by atoms with Crippen LogP contribution in [0, 0.1) is 12.8 Å². The second-order valence-electron chi connectivity index (χ2n) is 11.8. The van der Waals surface area contributed by atoms with E-state index in [0.717, 1.165) is 77.6 Å². The number of hydrogen-bond acceptors (Lipinski definition) is 6. The summed E-state index contributed by atoms with van der Waals surface area (Å²) in [5.41, 5.74) is 8.01. The minimum absolute atomic E-state index is 0.101. The van der Waals surface area contributed by atoms with Gasteiger partial charge in [0.25, 0.3) is 0 Å². The quantitative estimate of drug-likeness (QED) is 0.346. The van der Waals surface area contributed by atoms with Gasteiger partial charge in [-0.05, 0) is 81.0 Å². The van der Waals surface area contributed by atoms with Crippen LogP contribution in [0.25, 0.3) is 11.1 Å². The number of Topliss-reactive ketones (excluding diaryl/α,β-unsaturated/α-hetero) is 1. The maximum absolute atomic E-state index is 13.7. The third-order valence-electron chi connectivity index (χ3n) is 8.96. The fourth-order valence-corrected chi connectivity index (χ4v) is 6.52. The number of ketones is 2. The second-order valence-corrected chi connectivity index (χ2v) is 11.8. The molecule has 6 heteroatoms. The van der Waals surface area contributed by atoms with Crippen LogP contribution in [0.1, 0.15) is 74.0 Å². The lowest BCUT2D eigenvalue weighted by atomic mass is 9.84. The molecule has 1 aliphatic heterocycles. The summed E-state index contributed by atoms with van der Waals surface area (Å²) in [6.07, 6.45) is 11.5. The Bertz CT molecular complexity index is 1300. The Kier molecular flexibility index (Phi) is 8.97. The van der Waals surface area contributed by atoms with Gasteiger partial charge < -0.3 is 9.64 Å². The fourth-order valence-electron chi connectivity index (χ4n) is 6.52. The summed E-state index contributed by atoms with van der Waals surface area (Å²) < 4.78 is 5.47. The molecule has 1 atom stereocenters. The highest BCUT2D eigenvalue weighted by molar-refractivity contribution is 6.01. The normalized spacial score (nSPS) is 20.4. The van der Waals surface area contributed by atoms with E-state index < -0.39 is 0 Å². The van der Waals surface area contributed by atoms with E-state index in [2.05, 4.69) is 48.0 Å². The predicted molar refractivity (Wildman–Crippen MR) is 161 cm³/mol. The Morgan fingerprint density at radius 2 is 1.80 bits per heavy atom. The highest BCUT2D eigenvalue weighted by atomic mass is 16.5. The van der Waals surface area contributed by atoms with Gasteiger partial charge in [0.1, 0.15) is 0 Å². The van der Waals surface area contributed by atoms with E-state index in [1.165, 1.54) is 25.7 Å². The molecule has 0 N–H and O–H groups in total. The zero-order valence-corrected chi connectivity index (χ0v) is 24.5. The highest BCUT2D eigenvalue weighted by Gasteiger charge is 2.26. The van der Waals surface area contributed by atoms with E-state index in [4.69, 9.17) is 9.72 Å². The average molecular weight is 542 g/mol. The summed E-state index contributed by atoms with van der Waals surface area (Å²) >= 11 is 0. The van der Waals surface area contributed by atoms with Crippen molar-refractivity contribution in [1.82, 2.24) is 9.88 Å². The van der Waals surface area contributed by atoms with Gasteiger partial charge in [-0.25, -0.2) is 0 Å². The molecule has 1 aromatic heterocycles. The van der Waals surface area contributed by atoms with Crippen LogP contribution in [0.2, 0.25) is 0 Å². The standard InChI is InChI=1S/C34H43N3O3/c1-23-17-24(2)30(34(39)18-23)11-12-33(38)31-19-27(20-32(25(31)3)36(4)29-7-5-6-8-29)26-9-10-28(35-21-26)22-37-13-15-40-16-14-37/h9-10,17-21,29-30H,5-8,11-16,22H2,1-4H3. The summed E-state index contributed by atoms with van der Waals surface area (Å²) in [5, 5.41) is 0. The van der Waals surface area contributed by atoms with Crippen LogP contribution in [0.3, 0.4) is 0 Å². The number of ether oxygens (including phenoxy) is 1. The van der Waals surface area contributed by atoms with Crippen LogP contribution in [0.4, 0.5) is 5.69 Å². The second kappa shape index (κ2) is 12.6. The Morgan fingerprint density at radius 1 is 1.05 bits per heavy atom. The van der Waals surface area contributed by atoms with Crippen LogP contribution in [0.15, 0.2) is 53.8 Å². The fraction of sp³-hybridized carbons (Fsp3) is 0.500. The van der Waals surface area contributed by atoms with Gasteiger partial charge in [0, 0.05) is 68.1 Å². The molecule has 6 nitrogen and oxygen atoms in total. The molecule has 1 aromatic carbocycles. The number of pyridine rings is 1. The molecule has 0 bridgehead atoms. The summed E-state index contributed by atoms with van der Waals surface area (Å²) in [4.78, 5) is 35.9. The van der Waals surface area contributed by atoms with E-state index in [0.29, 0.717) is 18.9 Å². The monoisotopic (exact) mass is 541 g/mol. The Morgan fingerprint density at radius 3 is 2.48 bits per heavy atom. The average Bonchev–Trinajstić information content (AvgIpc) is 3.48. The van der Waals surface area contributed by atoms with E-state index in [-0.39, 0.29) is 17.5 Å². The van der Waals surface area contributed by atoms with E-state index in [1.54, 1.807) is 6.08 Å².